The molecular weight excluding hydrogens is 328 g/mol. The van der Waals surface area contributed by atoms with Gasteiger partial charge in [-0.2, -0.15) is 5.10 Å². The molecule has 134 valence electrons. The normalized spacial score (nSPS) is 15.5. The first-order chi connectivity index (χ1) is 12.7. The van der Waals surface area contributed by atoms with Gasteiger partial charge in [-0.1, -0.05) is 6.92 Å². The van der Waals surface area contributed by atoms with E-state index in [0.717, 1.165) is 49.4 Å². The average molecular weight is 350 g/mol. The summed E-state index contributed by atoms with van der Waals surface area (Å²) in [6.45, 7) is 6.50. The minimum absolute atomic E-state index is 0.0475. The Bertz CT molecular complexity index is 928. The first-order valence-corrected chi connectivity index (χ1v) is 8.92. The van der Waals surface area contributed by atoms with Crippen molar-refractivity contribution >= 4 is 16.9 Å². The number of aromatic nitrogens is 4. The van der Waals surface area contributed by atoms with Crippen molar-refractivity contribution < 1.29 is 4.79 Å². The van der Waals surface area contributed by atoms with Gasteiger partial charge in [0.15, 0.2) is 5.65 Å². The van der Waals surface area contributed by atoms with Crippen LogP contribution in [-0.4, -0.2) is 68.2 Å². The van der Waals surface area contributed by atoms with Gasteiger partial charge in [0.2, 0.25) is 0 Å². The SMILES string of the molecule is CCN1CCN(C(=O)c2cc(-c3cccnc3)nc3c2cnn3C)CC1. The summed E-state index contributed by atoms with van der Waals surface area (Å²) in [5, 5.41) is 5.10. The van der Waals surface area contributed by atoms with Gasteiger partial charge in [0, 0.05) is 51.2 Å². The van der Waals surface area contributed by atoms with Crippen molar-refractivity contribution in [2.75, 3.05) is 32.7 Å². The van der Waals surface area contributed by atoms with Crippen LogP contribution in [0.25, 0.3) is 22.3 Å². The van der Waals surface area contributed by atoms with Gasteiger partial charge in [-0.3, -0.25) is 14.5 Å². The zero-order chi connectivity index (χ0) is 18.1. The molecule has 3 aromatic heterocycles. The molecule has 1 amide bonds. The molecule has 1 fully saturated rings. The Morgan fingerprint density at radius 1 is 1.19 bits per heavy atom. The van der Waals surface area contributed by atoms with E-state index in [0.29, 0.717) is 11.2 Å². The molecule has 4 rings (SSSR count). The van der Waals surface area contributed by atoms with Crippen molar-refractivity contribution in [2.24, 2.45) is 7.05 Å². The molecule has 7 heteroatoms. The van der Waals surface area contributed by atoms with Gasteiger partial charge in [0.25, 0.3) is 5.91 Å². The maximum absolute atomic E-state index is 13.2. The van der Waals surface area contributed by atoms with Crippen LogP contribution >= 0.6 is 0 Å². The number of hydrogen-bond acceptors (Lipinski definition) is 5. The van der Waals surface area contributed by atoms with Crippen LogP contribution in [-0.2, 0) is 7.05 Å². The van der Waals surface area contributed by atoms with Crippen LogP contribution in [0.3, 0.4) is 0 Å². The number of nitrogens with zero attached hydrogens (tertiary/aromatic N) is 6. The molecule has 1 aliphatic heterocycles. The van der Waals surface area contributed by atoms with E-state index < -0.39 is 0 Å². The van der Waals surface area contributed by atoms with Crippen molar-refractivity contribution in [3.05, 3.63) is 42.4 Å². The zero-order valence-electron chi connectivity index (χ0n) is 15.1. The van der Waals surface area contributed by atoms with Gasteiger partial charge >= 0.3 is 0 Å². The lowest BCUT2D eigenvalue weighted by Crippen LogP contribution is -2.48. The second kappa shape index (κ2) is 6.84. The molecule has 1 aliphatic rings. The Morgan fingerprint density at radius 2 is 2.00 bits per heavy atom. The monoisotopic (exact) mass is 350 g/mol. The third kappa shape index (κ3) is 2.94. The van der Waals surface area contributed by atoms with Gasteiger partial charge < -0.3 is 9.80 Å². The Balaban J connectivity index is 1.75. The number of aryl methyl sites for hydroxylation is 1. The predicted octanol–water partition coefficient (Wildman–Crippen LogP) is 1.81. The maximum atomic E-state index is 13.2. The molecule has 1 saturated heterocycles. The molecule has 0 radical (unpaired) electrons. The summed E-state index contributed by atoms with van der Waals surface area (Å²) < 4.78 is 1.71. The summed E-state index contributed by atoms with van der Waals surface area (Å²) >= 11 is 0. The summed E-state index contributed by atoms with van der Waals surface area (Å²) in [5.74, 6) is 0.0475. The van der Waals surface area contributed by atoms with Crippen LogP contribution in [0.15, 0.2) is 36.8 Å². The summed E-state index contributed by atoms with van der Waals surface area (Å²) in [5.41, 5.74) is 3.00. The van der Waals surface area contributed by atoms with E-state index in [-0.39, 0.29) is 5.91 Å². The minimum atomic E-state index is 0.0475. The van der Waals surface area contributed by atoms with Crippen molar-refractivity contribution in [3.8, 4) is 11.3 Å². The van der Waals surface area contributed by atoms with Crippen molar-refractivity contribution in [2.45, 2.75) is 6.92 Å². The Kier molecular flexibility index (Phi) is 4.38. The zero-order valence-corrected chi connectivity index (χ0v) is 15.1. The molecular formula is C19H22N6O. The number of amides is 1. The largest absolute Gasteiger partial charge is 0.336 e. The average Bonchev–Trinajstić information content (AvgIpc) is 3.08. The van der Waals surface area contributed by atoms with Crippen LogP contribution in [0.4, 0.5) is 0 Å². The molecule has 3 aromatic rings. The van der Waals surface area contributed by atoms with Gasteiger partial charge in [0.05, 0.1) is 22.8 Å². The van der Waals surface area contributed by atoms with E-state index in [1.54, 1.807) is 23.3 Å². The number of carbonyl (C=O) groups excluding carboxylic acids is 1. The Labute approximate surface area is 152 Å². The lowest BCUT2D eigenvalue weighted by Gasteiger charge is -2.34. The molecule has 0 aromatic carbocycles. The van der Waals surface area contributed by atoms with Gasteiger partial charge in [0.1, 0.15) is 0 Å². The third-order valence-corrected chi connectivity index (χ3v) is 5.00. The lowest BCUT2D eigenvalue weighted by atomic mass is 10.1. The van der Waals surface area contributed by atoms with Crippen LogP contribution in [0.5, 0.6) is 0 Å². The third-order valence-electron chi connectivity index (χ3n) is 5.00. The molecule has 0 unspecified atom stereocenters. The van der Waals surface area contributed by atoms with Gasteiger partial charge in [-0.15, -0.1) is 0 Å². The summed E-state index contributed by atoms with van der Waals surface area (Å²) in [6, 6.07) is 5.69. The highest BCUT2D eigenvalue weighted by molar-refractivity contribution is 6.06. The predicted molar refractivity (Wildman–Crippen MR) is 99.8 cm³/mol. The smallest absolute Gasteiger partial charge is 0.254 e. The number of carbonyl (C=O) groups is 1. The van der Waals surface area contributed by atoms with E-state index in [2.05, 4.69) is 21.9 Å². The highest BCUT2D eigenvalue weighted by Crippen LogP contribution is 2.25. The van der Waals surface area contributed by atoms with Gasteiger partial charge in [-0.25, -0.2) is 4.98 Å². The first-order valence-electron chi connectivity index (χ1n) is 8.92. The fraction of sp³-hybridized carbons (Fsp3) is 0.368. The Hall–Kier alpha value is -2.80. The van der Waals surface area contributed by atoms with Crippen LogP contribution < -0.4 is 0 Å². The fourth-order valence-corrected chi connectivity index (χ4v) is 3.39. The number of hydrogen-bond donors (Lipinski definition) is 0. The molecule has 26 heavy (non-hydrogen) atoms. The molecule has 0 bridgehead atoms. The number of likely N-dealkylation sites (N-methyl/N-ethyl adjacent to an activating group) is 1. The highest BCUT2D eigenvalue weighted by atomic mass is 16.2. The minimum Gasteiger partial charge on any atom is -0.336 e. The molecule has 0 atom stereocenters. The standard InChI is InChI=1S/C19H22N6O/c1-3-24-7-9-25(10-8-24)19(26)15-11-17(14-5-4-6-20-12-14)22-18-16(15)13-21-23(18)2/h4-6,11-13H,3,7-10H2,1-2H3. The topological polar surface area (TPSA) is 67.2 Å². The number of fused-ring (bicyclic) bond motifs is 1. The first kappa shape index (κ1) is 16.7. The maximum Gasteiger partial charge on any atom is 0.254 e. The van der Waals surface area contributed by atoms with Crippen molar-refractivity contribution in [1.29, 1.82) is 0 Å². The van der Waals surface area contributed by atoms with Crippen LogP contribution in [0.2, 0.25) is 0 Å². The molecule has 0 spiro atoms. The van der Waals surface area contributed by atoms with Crippen molar-refractivity contribution in [1.82, 2.24) is 29.5 Å². The second-order valence-corrected chi connectivity index (χ2v) is 6.53. The molecule has 4 heterocycles. The second-order valence-electron chi connectivity index (χ2n) is 6.53. The molecule has 7 nitrogen and oxygen atoms in total. The van der Waals surface area contributed by atoms with Crippen LogP contribution in [0.1, 0.15) is 17.3 Å². The van der Waals surface area contributed by atoms with E-state index in [1.807, 2.05) is 30.1 Å². The number of piperazine rings is 1. The summed E-state index contributed by atoms with van der Waals surface area (Å²) in [6.07, 6.45) is 5.22. The highest BCUT2D eigenvalue weighted by Gasteiger charge is 2.24. The number of pyridine rings is 2. The van der Waals surface area contributed by atoms with Gasteiger partial charge in [-0.05, 0) is 24.7 Å². The van der Waals surface area contributed by atoms with E-state index in [4.69, 9.17) is 4.98 Å². The van der Waals surface area contributed by atoms with Crippen LogP contribution in [0, 0.1) is 0 Å². The molecule has 0 saturated carbocycles. The number of rotatable bonds is 3. The molecule has 0 N–H and O–H groups in total. The Morgan fingerprint density at radius 3 is 2.69 bits per heavy atom. The fourth-order valence-electron chi connectivity index (χ4n) is 3.39. The van der Waals surface area contributed by atoms with E-state index >= 15 is 0 Å². The summed E-state index contributed by atoms with van der Waals surface area (Å²) in [4.78, 5) is 26.4. The lowest BCUT2D eigenvalue weighted by molar-refractivity contribution is 0.0645. The molecule has 0 aliphatic carbocycles. The van der Waals surface area contributed by atoms with E-state index in [1.165, 1.54) is 0 Å². The van der Waals surface area contributed by atoms with E-state index in [9.17, 15) is 4.79 Å². The summed E-state index contributed by atoms with van der Waals surface area (Å²) in [7, 11) is 1.84. The van der Waals surface area contributed by atoms with Crippen molar-refractivity contribution in [3.63, 3.8) is 0 Å². The quantitative estimate of drug-likeness (QED) is 0.721.